The Kier molecular flexibility index (Phi) is 5.39. The van der Waals surface area contributed by atoms with Crippen LogP contribution in [0, 0.1) is 0 Å². The monoisotopic (exact) mass is 289 g/mol. The Morgan fingerprint density at radius 1 is 1.29 bits per heavy atom. The number of carbonyl (C=O) groups is 1. The van der Waals surface area contributed by atoms with Crippen molar-refractivity contribution in [2.24, 2.45) is 0 Å². The third kappa shape index (κ3) is 3.64. The van der Waals surface area contributed by atoms with Crippen LogP contribution in [-0.4, -0.2) is 23.7 Å². The summed E-state index contributed by atoms with van der Waals surface area (Å²) in [6.07, 6.45) is 1.99. The van der Waals surface area contributed by atoms with E-state index in [1.165, 1.54) is 0 Å². The van der Waals surface area contributed by atoms with Gasteiger partial charge in [0.2, 0.25) is 5.76 Å². The van der Waals surface area contributed by atoms with E-state index in [9.17, 15) is 4.79 Å². The molecule has 21 heavy (non-hydrogen) atoms. The van der Waals surface area contributed by atoms with Crippen molar-refractivity contribution in [1.82, 2.24) is 5.06 Å². The molecule has 1 atom stereocenters. The largest absolute Gasteiger partial charge is 0.460 e. The Balaban J connectivity index is 2.14. The molecule has 0 aliphatic carbocycles. The molecule has 0 radical (unpaired) electrons. The summed E-state index contributed by atoms with van der Waals surface area (Å²) in [5.74, 6) is -0.0158. The van der Waals surface area contributed by atoms with E-state index >= 15 is 0 Å². The Morgan fingerprint density at radius 2 is 2.00 bits per heavy atom. The summed E-state index contributed by atoms with van der Waals surface area (Å²) in [6, 6.07) is 10.3. The van der Waals surface area contributed by atoms with Crippen molar-refractivity contribution < 1.29 is 14.4 Å². The predicted molar refractivity (Wildman–Crippen MR) is 81.1 cm³/mol. The zero-order valence-electron chi connectivity index (χ0n) is 13.0. The van der Waals surface area contributed by atoms with Gasteiger partial charge in [-0.3, -0.25) is 0 Å². The van der Waals surface area contributed by atoms with Crippen molar-refractivity contribution in [3.05, 3.63) is 47.2 Å². The van der Waals surface area contributed by atoms with Crippen LogP contribution in [0.15, 0.2) is 41.7 Å². The van der Waals surface area contributed by atoms with Gasteiger partial charge in [0.1, 0.15) is 0 Å². The average Bonchev–Trinajstić information content (AvgIpc) is 2.78. The van der Waals surface area contributed by atoms with Crippen molar-refractivity contribution in [3.8, 4) is 0 Å². The lowest BCUT2D eigenvalue weighted by Crippen LogP contribution is -2.30. The van der Waals surface area contributed by atoms with Crippen LogP contribution in [-0.2, 0) is 20.9 Å². The number of nitrogens with zero attached hydrogens (tertiary/aromatic N) is 1. The summed E-state index contributed by atoms with van der Waals surface area (Å²) in [6.45, 7) is 6.91. The number of rotatable bonds is 6. The molecule has 0 saturated carbocycles. The zero-order chi connectivity index (χ0) is 15.2. The second kappa shape index (κ2) is 7.27. The predicted octanol–water partition coefficient (Wildman–Crippen LogP) is 3.44. The lowest BCUT2D eigenvalue weighted by Gasteiger charge is -2.23. The van der Waals surface area contributed by atoms with E-state index in [1.807, 2.05) is 30.2 Å². The van der Waals surface area contributed by atoms with Gasteiger partial charge in [0.15, 0.2) is 0 Å². The Morgan fingerprint density at radius 3 is 2.62 bits per heavy atom. The van der Waals surface area contributed by atoms with Crippen molar-refractivity contribution in [1.29, 1.82) is 0 Å². The maximum atomic E-state index is 12.0. The molecule has 0 aromatic heterocycles. The SMILES string of the molecule is CCCC1C(C)=C(C(=O)OCC)ON1Cc1ccccc1. The van der Waals surface area contributed by atoms with Crippen LogP contribution < -0.4 is 0 Å². The number of hydrogen-bond donors (Lipinski definition) is 0. The number of carbonyl (C=O) groups excluding carboxylic acids is 1. The molecular weight excluding hydrogens is 266 g/mol. The summed E-state index contributed by atoms with van der Waals surface area (Å²) in [5, 5.41) is 1.89. The van der Waals surface area contributed by atoms with E-state index in [2.05, 4.69) is 19.1 Å². The molecule has 1 aromatic rings. The van der Waals surface area contributed by atoms with Crippen LogP contribution in [0.2, 0.25) is 0 Å². The summed E-state index contributed by atoms with van der Waals surface area (Å²) in [4.78, 5) is 17.8. The standard InChI is InChI=1S/C17H23NO3/c1-4-9-15-13(3)16(17(19)20-5-2)21-18(15)12-14-10-7-6-8-11-14/h6-8,10-11,15H,4-5,9,12H2,1-3H3. The van der Waals surface area contributed by atoms with Gasteiger partial charge in [-0.25, -0.2) is 4.79 Å². The number of hydrogen-bond acceptors (Lipinski definition) is 4. The van der Waals surface area contributed by atoms with Crippen molar-refractivity contribution in [2.45, 2.75) is 46.2 Å². The number of esters is 1. The topological polar surface area (TPSA) is 38.8 Å². The summed E-state index contributed by atoms with van der Waals surface area (Å²) < 4.78 is 5.07. The number of ether oxygens (including phenoxy) is 1. The van der Waals surface area contributed by atoms with Crippen LogP contribution >= 0.6 is 0 Å². The van der Waals surface area contributed by atoms with Gasteiger partial charge >= 0.3 is 5.97 Å². The first-order chi connectivity index (χ1) is 10.2. The first kappa shape index (κ1) is 15.6. The maximum absolute atomic E-state index is 12.0. The van der Waals surface area contributed by atoms with E-state index in [0.29, 0.717) is 18.9 Å². The number of benzene rings is 1. The average molecular weight is 289 g/mol. The zero-order valence-corrected chi connectivity index (χ0v) is 13.0. The summed E-state index contributed by atoms with van der Waals surface area (Å²) in [5.41, 5.74) is 2.13. The minimum Gasteiger partial charge on any atom is -0.460 e. The molecule has 1 heterocycles. The third-order valence-electron chi connectivity index (χ3n) is 3.62. The molecule has 0 amide bonds. The Hall–Kier alpha value is -1.81. The van der Waals surface area contributed by atoms with E-state index in [0.717, 1.165) is 24.0 Å². The van der Waals surface area contributed by atoms with E-state index in [1.54, 1.807) is 6.92 Å². The highest BCUT2D eigenvalue weighted by molar-refractivity contribution is 5.87. The highest BCUT2D eigenvalue weighted by Crippen LogP contribution is 2.31. The molecular formula is C17H23NO3. The third-order valence-corrected chi connectivity index (χ3v) is 3.62. The normalized spacial score (nSPS) is 18.7. The first-order valence-electron chi connectivity index (χ1n) is 7.53. The quantitative estimate of drug-likeness (QED) is 0.752. The van der Waals surface area contributed by atoms with Crippen LogP contribution in [0.25, 0.3) is 0 Å². The van der Waals surface area contributed by atoms with E-state index < -0.39 is 0 Å². The fourth-order valence-electron chi connectivity index (χ4n) is 2.55. The van der Waals surface area contributed by atoms with Gasteiger partial charge in [-0.1, -0.05) is 43.7 Å². The highest BCUT2D eigenvalue weighted by atomic mass is 16.7. The molecule has 1 aromatic carbocycles. The van der Waals surface area contributed by atoms with Crippen LogP contribution in [0.1, 0.15) is 39.2 Å². The van der Waals surface area contributed by atoms with Crippen molar-refractivity contribution in [2.75, 3.05) is 6.61 Å². The van der Waals surface area contributed by atoms with Gasteiger partial charge in [0.05, 0.1) is 19.2 Å². The van der Waals surface area contributed by atoms with Gasteiger partial charge in [-0.15, -0.1) is 5.06 Å². The fourth-order valence-corrected chi connectivity index (χ4v) is 2.55. The Bertz CT molecular complexity index is 510. The number of hydroxylamine groups is 2. The smallest absolute Gasteiger partial charge is 0.376 e. The van der Waals surface area contributed by atoms with Crippen LogP contribution in [0.4, 0.5) is 0 Å². The van der Waals surface area contributed by atoms with Gasteiger partial charge in [0.25, 0.3) is 0 Å². The second-order valence-corrected chi connectivity index (χ2v) is 5.19. The van der Waals surface area contributed by atoms with Gasteiger partial charge in [-0.05, 0) is 31.4 Å². The lowest BCUT2D eigenvalue weighted by atomic mass is 10.0. The Labute approximate surface area is 126 Å². The van der Waals surface area contributed by atoms with Gasteiger partial charge < -0.3 is 9.57 Å². The molecule has 0 N–H and O–H groups in total. The van der Waals surface area contributed by atoms with Gasteiger partial charge in [0, 0.05) is 0 Å². The molecule has 1 aliphatic heterocycles. The molecule has 1 aliphatic rings. The second-order valence-electron chi connectivity index (χ2n) is 5.19. The molecule has 0 fully saturated rings. The minimum atomic E-state index is -0.369. The van der Waals surface area contributed by atoms with Crippen LogP contribution in [0.5, 0.6) is 0 Å². The van der Waals surface area contributed by atoms with E-state index in [4.69, 9.17) is 9.57 Å². The molecule has 4 nitrogen and oxygen atoms in total. The van der Waals surface area contributed by atoms with Gasteiger partial charge in [-0.2, -0.15) is 0 Å². The maximum Gasteiger partial charge on any atom is 0.376 e. The van der Waals surface area contributed by atoms with Crippen molar-refractivity contribution >= 4 is 5.97 Å². The molecule has 1 unspecified atom stereocenters. The first-order valence-corrected chi connectivity index (χ1v) is 7.53. The fraction of sp³-hybridized carbons (Fsp3) is 0.471. The van der Waals surface area contributed by atoms with Crippen LogP contribution in [0.3, 0.4) is 0 Å². The summed E-state index contributed by atoms with van der Waals surface area (Å²) >= 11 is 0. The van der Waals surface area contributed by atoms with E-state index in [-0.39, 0.29) is 12.0 Å². The molecule has 114 valence electrons. The molecule has 0 bridgehead atoms. The summed E-state index contributed by atoms with van der Waals surface area (Å²) in [7, 11) is 0. The molecule has 4 heteroatoms. The lowest BCUT2D eigenvalue weighted by molar-refractivity contribution is -0.162. The minimum absolute atomic E-state index is 0.134. The molecule has 2 rings (SSSR count). The van der Waals surface area contributed by atoms with Crippen molar-refractivity contribution in [3.63, 3.8) is 0 Å². The molecule has 0 saturated heterocycles. The highest BCUT2D eigenvalue weighted by Gasteiger charge is 2.35. The molecule has 0 spiro atoms.